The van der Waals surface area contributed by atoms with Crippen LogP contribution in [0, 0.1) is 18.2 Å². The Bertz CT molecular complexity index is 1090. The number of terminal acetylenes is 1. The summed E-state index contributed by atoms with van der Waals surface area (Å²) in [6.45, 7) is -0.0627. The van der Waals surface area contributed by atoms with E-state index in [0.29, 0.717) is 22.7 Å². The van der Waals surface area contributed by atoms with Crippen molar-refractivity contribution in [3.8, 4) is 35.0 Å². The second-order valence-corrected chi connectivity index (χ2v) is 6.55. The summed E-state index contributed by atoms with van der Waals surface area (Å²) in [5.41, 5.74) is 2.69. The minimum atomic E-state index is -0.991. The quantitative estimate of drug-likeness (QED) is 0.531. The minimum Gasteiger partial charge on any atom is -0.493 e. The Morgan fingerprint density at radius 2 is 1.74 bits per heavy atom. The molecule has 6 heteroatoms. The number of halogens is 1. The number of nitrogens with one attached hydrogen (secondary N) is 1. The molecule has 0 aliphatic rings. The molecule has 0 saturated heterocycles. The van der Waals surface area contributed by atoms with E-state index in [1.807, 2.05) is 30.3 Å². The maximum absolute atomic E-state index is 13.3. The number of para-hydroxylation sites is 1. The number of ether oxygens (including phenoxy) is 3. The lowest BCUT2D eigenvalue weighted by atomic mass is 10.0. The number of benzene rings is 3. The van der Waals surface area contributed by atoms with Crippen LogP contribution in [0.2, 0.25) is 0 Å². The number of carbonyl (C=O) groups is 1. The van der Waals surface area contributed by atoms with E-state index in [4.69, 9.17) is 20.6 Å². The van der Waals surface area contributed by atoms with E-state index >= 15 is 0 Å². The first-order valence-electron chi connectivity index (χ1n) is 9.50. The van der Waals surface area contributed by atoms with Crippen molar-refractivity contribution in [2.75, 3.05) is 26.1 Å². The summed E-state index contributed by atoms with van der Waals surface area (Å²) in [4.78, 5) is 13.1. The standard InChI is InChI=1S/C25H22FNO4/c1-4-15-31-24(17-9-12-19(26)13-10-17)25(28)27-21-8-6-5-7-20(21)18-11-14-22(29-2)23(16-18)30-3/h1,5-14,16,24H,15H2,2-3H3,(H,27,28). The van der Waals surface area contributed by atoms with Gasteiger partial charge in [-0.25, -0.2) is 4.39 Å². The zero-order valence-electron chi connectivity index (χ0n) is 17.2. The van der Waals surface area contributed by atoms with Gasteiger partial charge in [0.15, 0.2) is 17.6 Å². The lowest BCUT2D eigenvalue weighted by molar-refractivity contribution is -0.126. The SMILES string of the molecule is C#CCOC(C(=O)Nc1ccccc1-c1ccc(OC)c(OC)c1)c1ccc(F)cc1. The van der Waals surface area contributed by atoms with Crippen LogP contribution >= 0.6 is 0 Å². The number of hydrogen-bond donors (Lipinski definition) is 1. The summed E-state index contributed by atoms with van der Waals surface area (Å²) in [6, 6.07) is 18.4. The molecule has 3 aromatic carbocycles. The molecule has 1 amide bonds. The monoisotopic (exact) mass is 419 g/mol. The van der Waals surface area contributed by atoms with Gasteiger partial charge in [-0.3, -0.25) is 4.79 Å². The van der Waals surface area contributed by atoms with E-state index in [1.165, 1.54) is 24.3 Å². The summed E-state index contributed by atoms with van der Waals surface area (Å²) >= 11 is 0. The fourth-order valence-electron chi connectivity index (χ4n) is 3.14. The highest BCUT2D eigenvalue weighted by Crippen LogP contribution is 2.35. The van der Waals surface area contributed by atoms with E-state index in [1.54, 1.807) is 26.4 Å². The summed E-state index contributed by atoms with van der Waals surface area (Å²) in [6.07, 6.45) is 4.30. The Hall–Kier alpha value is -3.82. The van der Waals surface area contributed by atoms with Crippen molar-refractivity contribution in [3.05, 3.63) is 78.1 Å². The zero-order chi connectivity index (χ0) is 22.2. The summed E-state index contributed by atoms with van der Waals surface area (Å²) < 4.78 is 29.6. The minimum absolute atomic E-state index is 0.0627. The Labute approximate surface area is 180 Å². The van der Waals surface area contributed by atoms with Gasteiger partial charge in [-0.1, -0.05) is 42.3 Å². The van der Waals surface area contributed by atoms with Crippen LogP contribution < -0.4 is 14.8 Å². The molecule has 5 nitrogen and oxygen atoms in total. The van der Waals surface area contributed by atoms with Crippen molar-refractivity contribution in [2.24, 2.45) is 0 Å². The molecular weight excluding hydrogens is 397 g/mol. The van der Waals surface area contributed by atoms with E-state index in [9.17, 15) is 9.18 Å². The average Bonchev–Trinajstić information content (AvgIpc) is 2.80. The first-order valence-corrected chi connectivity index (χ1v) is 9.50. The summed E-state index contributed by atoms with van der Waals surface area (Å²) in [5.74, 6) is 2.71. The number of rotatable bonds is 8. The summed E-state index contributed by atoms with van der Waals surface area (Å²) in [7, 11) is 3.13. The van der Waals surface area contributed by atoms with E-state index in [2.05, 4.69) is 11.2 Å². The fraction of sp³-hybridized carbons (Fsp3) is 0.160. The summed E-state index contributed by atoms with van der Waals surface area (Å²) in [5, 5.41) is 2.90. The molecular formula is C25H22FNO4. The van der Waals surface area contributed by atoms with Crippen molar-refractivity contribution < 1.29 is 23.4 Å². The van der Waals surface area contributed by atoms with Gasteiger partial charge >= 0.3 is 0 Å². The van der Waals surface area contributed by atoms with Crippen molar-refractivity contribution in [3.63, 3.8) is 0 Å². The topological polar surface area (TPSA) is 56.8 Å². The lowest BCUT2D eigenvalue weighted by Crippen LogP contribution is -2.24. The highest BCUT2D eigenvalue weighted by molar-refractivity contribution is 5.98. The van der Waals surface area contributed by atoms with E-state index in [-0.39, 0.29) is 6.61 Å². The zero-order valence-corrected chi connectivity index (χ0v) is 17.2. The number of hydrogen-bond acceptors (Lipinski definition) is 4. The van der Waals surface area contributed by atoms with Crippen LogP contribution in [-0.2, 0) is 9.53 Å². The normalized spacial score (nSPS) is 11.3. The molecule has 1 atom stereocenters. The van der Waals surface area contributed by atoms with Gasteiger partial charge in [0.2, 0.25) is 0 Å². The maximum Gasteiger partial charge on any atom is 0.258 e. The van der Waals surface area contributed by atoms with Gasteiger partial charge in [0.05, 0.1) is 14.2 Å². The predicted molar refractivity (Wildman–Crippen MR) is 118 cm³/mol. The van der Waals surface area contributed by atoms with Crippen LogP contribution in [0.25, 0.3) is 11.1 Å². The third kappa shape index (κ3) is 5.21. The molecule has 0 aliphatic heterocycles. The molecule has 3 rings (SSSR count). The third-order valence-electron chi connectivity index (χ3n) is 4.62. The van der Waals surface area contributed by atoms with Crippen LogP contribution in [0.1, 0.15) is 11.7 Å². The van der Waals surface area contributed by atoms with Crippen LogP contribution in [0.5, 0.6) is 11.5 Å². The van der Waals surface area contributed by atoms with Gasteiger partial charge < -0.3 is 19.5 Å². The largest absolute Gasteiger partial charge is 0.493 e. The van der Waals surface area contributed by atoms with Gasteiger partial charge in [-0.2, -0.15) is 0 Å². The molecule has 1 N–H and O–H groups in total. The molecule has 0 aromatic heterocycles. The average molecular weight is 419 g/mol. The van der Waals surface area contributed by atoms with Gasteiger partial charge in [-0.15, -0.1) is 6.42 Å². The molecule has 1 unspecified atom stereocenters. The molecule has 31 heavy (non-hydrogen) atoms. The number of methoxy groups -OCH3 is 2. The molecule has 158 valence electrons. The van der Waals surface area contributed by atoms with E-state index in [0.717, 1.165) is 11.1 Å². The molecule has 0 saturated carbocycles. The van der Waals surface area contributed by atoms with Crippen molar-refractivity contribution >= 4 is 11.6 Å². The van der Waals surface area contributed by atoms with Gasteiger partial charge in [0.25, 0.3) is 5.91 Å². The maximum atomic E-state index is 13.3. The highest BCUT2D eigenvalue weighted by atomic mass is 19.1. The first-order chi connectivity index (χ1) is 15.1. The molecule has 0 aliphatic carbocycles. The Morgan fingerprint density at radius 1 is 1.03 bits per heavy atom. The Kier molecular flexibility index (Phi) is 7.26. The third-order valence-corrected chi connectivity index (χ3v) is 4.62. The van der Waals surface area contributed by atoms with Crippen LogP contribution in [-0.4, -0.2) is 26.7 Å². The molecule has 0 spiro atoms. The number of carbonyl (C=O) groups excluding carboxylic acids is 1. The number of anilines is 1. The van der Waals surface area contributed by atoms with Crippen molar-refractivity contribution in [1.82, 2.24) is 0 Å². The van der Waals surface area contributed by atoms with Crippen molar-refractivity contribution in [2.45, 2.75) is 6.10 Å². The first kappa shape index (κ1) is 21.9. The molecule has 0 bridgehead atoms. The molecule has 3 aromatic rings. The Balaban J connectivity index is 1.92. The molecule has 0 fully saturated rings. The highest BCUT2D eigenvalue weighted by Gasteiger charge is 2.22. The van der Waals surface area contributed by atoms with Crippen LogP contribution in [0.4, 0.5) is 10.1 Å². The predicted octanol–water partition coefficient (Wildman–Crippen LogP) is 4.84. The van der Waals surface area contributed by atoms with Crippen LogP contribution in [0.3, 0.4) is 0 Å². The fourth-order valence-corrected chi connectivity index (χ4v) is 3.14. The second kappa shape index (κ2) is 10.3. The Morgan fingerprint density at radius 3 is 2.42 bits per heavy atom. The van der Waals surface area contributed by atoms with Gasteiger partial charge in [-0.05, 0) is 41.5 Å². The molecule has 0 heterocycles. The van der Waals surface area contributed by atoms with Crippen LogP contribution in [0.15, 0.2) is 66.7 Å². The molecule has 0 radical (unpaired) electrons. The smallest absolute Gasteiger partial charge is 0.258 e. The number of amides is 1. The second-order valence-electron chi connectivity index (χ2n) is 6.55. The van der Waals surface area contributed by atoms with E-state index < -0.39 is 17.8 Å². The van der Waals surface area contributed by atoms with Gasteiger partial charge in [0.1, 0.15) is 12.4 Å². The lowest BCUT2D eigenvalue weighted by Gasteiger charge is -2.19. The van der Waals surface area contributed by atoms with Gasteiger partial charge in [0, 0.05) is 11.3 Å². The van der Waals surface area contributed by atoms with Crippen molar-refractivity contribution in [1.29, 1.82) is 0 Å².